The number of carbonyl (C=O) groups excluding carboxylic acids is 1. The number of hydrogen-bond acceptors (Lipinski definition) is 5. The summed E-state index contributed by atoms with van der Waals surface area (Å²) in [7, 11) is 0. The number of nitrogens with two attached hydrogens (primary N) is 1. The fraction of sp³-hybridized carbons (Fsp3) is 0.750. The van der Waals surface area contributed by atoms with Gasteiger partial charge in [-0.2, -0.15) is 0 Å². The third-order valence-corrected chi connectivity index (χ3v) is 1.71. The predicted octanol–water partition coefficient (Wildman–Crippen LogP) is 1.79. The first-order chi connectivity index (χ1) is 4.16. The topological polar surface area (TPSA) is 52.3 Å². The van der Waals surface area contributed by atoms with E-state index in [1.54, 1.807) is 0 Å². The molecule has 0 aliphatic rings. The van der Waals surface area contributed by atoms with Gasteiger partial charge in [0.2, 0.25) is 0 Å². The van der Waals surface area contributed by atoms with Crippen molar-refractivity contribution in [1.82, 2.24) is 0 Å². The summed E-state index contributed by atoms with van der Waals surface area (Å²) in [6.45, 7) is 3.70. The van der Waals surface area contributed by atoms with Crippen molar-refractivity contribution >= 4 is 28.4 Å². The van der Waals surface area contributed by atoms with Gasteiger partial charge in [-0.1, -0.05) is 0 Å². The molecule has 5 heteroatoms. The molecule has 0 amide bonds. The van der Waals surface area contributed by atoms with Gasteiger partial charge in [-0.25, -0.2) is 0 Å². The molecule has 0 bridgehead atoms. The summed E-state index contributed by atoms with van der Waals surface area (Å²) in [5.41, 5.74) is 0. The van der Waals surface area contributed by atoms with Gasteiger partial charge in [0.05, 0.1) is 18.1 Å². The molecule has 0 unspecified atom stereocenters. The summed E-state index contributed by atoms with van der Waals surface area (Å²) in [5, 5.41) is 4.92. The summed E-state index contributed by atoms with van der Waals surface area (Å²) in [6.07, 6.45) is 0.0612. The summed E-state index contributed by atoms with van der Waals surface area (Å²) in [4.78, 5) is 10.4. The second-order valence-corrected chi connectivity index (χ2v) is 3.19. The predicted molar refractivity (Wildman–Crippen MR) is 41.0 cm³/mol. The van der Waals surface area contributed by atoms with E-state index in [4.69, 9.17) is 9.32 Å². The van der Waals surface area contributed by atoms with Gasteiger partial charge in [-0.05, 0) is 13.8 Å². The highest BCUT2D eigenvalue weighted by molar-refractivity contribution is 8.35. The van der Waals surface area contributed by atoms with Crippen LogP contribution in [0.15, 0.2) is 0 Å². The molecule has 0 atom stereocenters. The van der Waals surface area contributed by atoms with Crippen LogP contribution in [-0.4, -0.2) is 10.6 Å². The van der Waals surface area contributed by atoms with E-state index in [0.29, 0.717) is 11.9 Å². The number of carbonyl (C=O) groups is 1. The molecule has 0 aromatic rings. The lowest BCUT2D eigenvalue weighted by Crippen LogP contribution is -1.97. The molecule has 9 heavy (non-hydrogen) atoms. The minimum atomic E-state index is -0.219. The van der Waals surface area contributed by atoms with Crippen LogP contribution in [-0.2, 0) is 4.18 Å². The molecule has 0 aromatic heterocycles. The molecular weight excluding hydrogens is 158 g/mol. The van der Waals surface area contributed by atoms with E-state index >= 15 is 0 Å². The van der Waals surface area contributed by atoms with E-state index in [-0.39, 0.29) is 10.6 Å². The van der Waals surface area contributed by atoms with Gasteiger partial charge in [0.1, 0.15) is 0 Å². The molecule has 0 saturated heterocycles. The normalized spacial score (nSPS) is 10.2. The van der Waals surface area contributed by atoms with Crippen LogP contribution in [0.4, 0.5) is 4.79 Å². The molecule has 0 saturated carbocycles. The largest absolute Gasteiger partial charge is 0.305 e. The molecule has 0 spiro atoms. The number of hydrogen-bond donors (Lipinski definition) is 1. The molecule has 0 rings (SSSR count). The quantitative estimate of drug-likeness (QED) is 0.502. The van der Waals surface area contributed by atoms with Crippen molar-refractivity contribution in [2.75, 3.05) is 0 Å². The van der Waals surface area contributed by atoms with Crippen molar-refractivity contribution < 1.29 is 8.98 Å². The molecule has 0 aliphatic carbocycles. The summed E-state index contributed by atoms with van der Waals surface area (Å²) >= 11 is 1.45. The lowest BCUT2D eigenvalue weighted by molar-refractivity contribution is 0.266. The molecule has 3 nitrogen and oxygen atoms in total. The van der Waals surface area contributed by atoms with Crippen LogP contribution < -0.4 is 5.14 Å². The van der Waals surface area contributed by atoms with Crippen LogP contribution in [0.25, 0.3) is 0 Å². The zero-order chi connectivity index (χ0) is 7.28. The minimum absolute atomic E-state index is 0.0612. The first-order valence-electron chi connectivity index (χ1n) is 2.41. The van der Waals surface area contributed by atoms with Crippen molar-refractivity contribution in [2.45, 2.75) is 20.0 Å². The van der Waals surface area contributed by atoms with Crippen LogP contribution >= 0.6 is 24.0 Å². The Labute approximate surface area is 63.0 Å². The Kier molecular flexibility index (Phi) is 5.27. The molecular formula is C4H9NO2S2. The van der Waals surface area contributed by atoms with Crippen molar-refractivity contribution in [3.63, 3.8) is 0 Å². The number of rotatable bonds is 2. The minimum Gasteiger partial charge on any atom is -0.305 e. The maximum atomic E-state index is 10.4. The monoisotopic (exact) mass is 167 g/mol. The van der Waals surface area contributed by atoms with Gasteiger partial charge >= 0.3 is 0 Å². The van der Waals surface area contributed by atoms with Crippen LogP contribution in [0.2, 0.25) is 0 Å². The summed E-state index contributed by atoms with van der Waals surface area (Å²) in [6, 6.07) is 0. The average Bonchev–Trinajstić information content (AvgIpc) is 1.83. The van der Waals surface area contributed by atoms with E-state index in [1.165, 1.54) is 0 Å². The Morgan fingerprint density at radius 1 is 1.67 bits per heavy atom. The fourth-order valence-electron chi connectivity index (χ4n) is 0.155. The highest BCUT2D eigenvalue weighted by Gasteiger charge is 2.02. The fourth-order valence-corrected chi connectivity index (χ4v) is 0.701. The second kappa shape index (κ2) is 5.10. The molecule has 0 aromatic carbocycles. The molecule has 0 fully saturated rings. The Hall–Kier alpha value is 0.290. The standard InChI is InChI=1S/C4H9NO2S2/c1-3(2)7-9-4(6)8-5/h3H,5H2,1-2H3. The SMILES string of the molecule is CC(C)OSC(=O)SN. The third-order valence-electron chi connectivity index (χ3n) is 0.405. The Morgan fingerprint density at radius 3 is 2.56 bits per heavy atom. The molecule has 0 aliphatic heterocycles. The molecule has 54 valence electrons. The van der Waals surface area contributed by atoms with E-state index in [2.05, 4.69) is 0 Å². The third kappa shape index (κ3) is 6.17. The lowest BCUT2D eigenvalue weighted by Gasteiger charge is -2.01. The zero-order valence-corrected chi connectivity index (χ0v) is 6.92. The van der Waals surface area contributed by atoms with E-state index in [9.17, 15) is 4.79 Å². The molecule has 0 heterocycles. The first kappa shape index (κ1) is 9.29. The Bertz CT molecular complexity index is 96.6. The van der Waals surface area contributed by atoms with Gasteiger partial charge in [0, 0.05) is 11.9 Å². The van der Waals surface area contributed by atoms with Crippen molar-refractivity contribution in [3.05, 3.63) is 0 Å². The highest BCUT2D eigenvalue weighted by Crippen LogP contribution is 2.14. The summed E-state index contributed by atoms with van der Waals surface area (Å²) < 4.78 is 4.64. The maximum absolute atomic E-state index is 10.4. The summed E-state index contributed by atoms with van der Waals surface area (Å²) in [5.74, 6) is 0. The van der Waals surface area contributed by atoms with Gasteiger partial charge < -0.3 is 4.18 Å². The van der Waals surface area contributed by atoms with Crippen molar-refractivity contribution in [2.24, 2.45) is 5.14 Å². The van der Waals surface area contributed by atoms with Gasteiger partial charge in [0.25, 0.3) is 4.45 Å². The van der Waals surface area contributed by atoms with Crippen LogP contribution in [0.3, 0.4) is 0 Å². The highest BCUT2D eigenvalue weighted by atomic mass is 32.2. The smallest absolute Gasteiger partial charge is 0.287 e. The van der Waals surface area contributed by atoms with Gasteiger partial charge in [-0.3, -0.25) is 9.93 Å². The van der Waals surface area contributed by atoms with Crippen LogP contribution in [0.5, 0.6) is 0 Å². The molecule has 2 N–H and O–H groups in total. The van der Waals surface area contributed by atoms with Crippen LogP contribution in [0.1, 0.15) is 13.8 Å². The van der Waals surface area contributed by atoms with Gasteiger partial charge in [0.15, 0.2) is 0 Å². The van der Waals surface area contributed by atoms with Crippen molar-refractivity contribution in [1.29, 1.82) is 0 Å². The van der Waals surface area contributed by atoms with Crippen molar-refractivity contribution in [3.8, 4) is 0 Å². The van der Waals surface area contributed by atoms with E-state index in [1.807, 2.05) is 13.8 Å². The molecule has 0 radical (unpaired) electrons. The lowest BCUT2D eigenvalue weighted by atomic mass is 10.5. The second-order valence-electron chi connectivity index (χ2n) is 1.60. The first-order valence-corrected chi connectivity index (χ1v) is 4.03. The van der Waals surface area contributed by atoms with E-state index in [0.717, 1.165) is 12.0 Å². The Balaban J connectivity index is 3.17. The van der Waals surface area contributed by atoms with Crippen LogP contribution in [0, 0.1) is 0 Å². The van der Waals surface area contributed by atoms with E-state index < -0.39 is 0 Å². The Morgan fingerprint density at radius 2 is 2.22 bits per heavy atom. The zero-order valence-electron chi connectivity index (χ0n) is 5.29. The average molecular weight is 167 g/mol. The van der Waals surface area contributed by atoms with Gasteiger partial charge in [-0.15, -0.1) is 0 Å². The maximum Gasteiger partial charge on any atom is 0.287 e.